The summed E-state index contributed by atoms with van der Waals surface area (Å²) < 4.78 is 1.06. The molecular weight excluding hydrogens is 324 g/mol. The molecule has 0 amide bonds. The van der Waals surface area contributed by atoms with Crippen LogP contribution in [0.4, 0.5) is 0 Å². The highest BCUT2D eigenvalue weighted by Crippen LogP contribution is 2.33. The van der Waals surface area contributed by atoms with E-state index in [1.54, 1.807) is 0 Å². The molecule has 1 aliphatic rings. The van der Waals surface area contributed by atoms with Crippen LogP contribution >= 0.6 is 27.5 Å². The van der Waals surface area contributed by atoms with Gasteiger partial charge in [-0.15, -0.1) is 0 Å². The first-order valence-corrected chi connectivity index (χ1v) is 8.21. The number of hydrogen-bond acceptors (Lipinski definition) is 2. The van der Waals surface area contributed by atoms with E-state index in [-0.39, 0.29) is 6.04 Å². The summed E-state index contributed by atoms with van der Waals surface area (Å²) in [6.07, 6.45) is 5.15. The van der Waals surface area contributed by atoms with E-state index in [1.807, 2.05) is 12.1 Å². The summed E-state index contributed by atoms with van der Waals surface area (Å²) in [4.78, 5) is 2.53. The second-order valence-corrected chi connectivity index (χ2v) is 6.68. The predicted octanol–water partition coefficient (Wildman–Crippen LogP) is 4.37. The summed E-state index contributed by atoms with van der Waals surface area (Å²) in [5, 5.41) is 0.815. The molecule has 2 N–H and O–H groups in total. The average molecular weight is 346 g/mol. The zero-order valence-corrected chi connectivity index (χ0v) is 13.8. The molecular formula is C15H22BrClN2. The third-order valence-electron chi connectivity index (χ3n) is 4.05. The van der Waals surface area contributed by atoms with Crippen LogP contribution < -0.4 is 5.73 Å². The van der Waals surface area contributed by atoms with Crippen LogP contribution in [0.5, 0.6) is 0 Å². The summed E-state index contributed by atoms with van der Waals surface area (Å²) in [5.74, 6) is 0. The molecule has 2 atom stereocenters. The van der Waals surface area contributed by atoms with Crippen molar-refractivity contribution in [2.45, 2.75) is 44.7 Å². The Labute approximate surface area is 129 Å². The Morgan fingerprint density at radius 2 is 2.21 bits per heavy atom. The third-order valence-corrected chi connectivity index (χ3v) is 4.88. The van der Waals surface area contributed by atoms with Crippen molar-refractivity contribution >= 4 is 27.5 Å². The van der Waals surface area contributed by atoms with Crippen molar-refractivity contribution in [2.24, 2.45) is 5.73 Å². The Morgan fingerprint density at radius 3 is 2.95 bits per heavy atom. The van der Waals surface area contributed by atoms with Crippen molar-refractivity contribution in [1.82, 2.24) is 4.90 Å². The SMILES string of the molecule is CC1CCCCCN1C(CN)c1cc(Br)ccc1Cl. The highest BCUT2D eigenvalue weighted by molar-refractivity contribution is 9.10. The number of likely N-dealkylation sites (tertiary alicyclic amines) is 1. The van der Waals surface area contributed by atoms with Crippen LogP contribution in [0.25, 0.3) is 0 Å². The smallest absolute Gasteiger partial charge is 0.0488 e. The number of hydrogen-bond donors (Lipinski definition) is 1. The van der Waals surface area contributed by atoms with E-state index >= 15 is 0 Å². The average Bonchev–Trinajstić information content (AvgIpc) is 2.60. The number of nitrogens with two attached hydrogens (primary N) is 1. The molecule has 0 spiro atoms. The van der Waals surface area contributed by atoms with Gasteiger partial charge in [0.2, 0.25) is 0 Å². The minimum atomic E-state index is 0.220. The highest BCUT2D eigenvalue weighted by atomic mass is 79.9. The van der Waals surface area contributed by atoms with Crippen LogP contribution in [0.2, 0.25) is 5.02 Å². The van der Waals surface area contributed by atoms with E-state index < -0.39 is 0 Å². The summed E-state index contributed by atoms with van der Waals surface area (Å²) in [5.41, 5.74) is 7.20. The maximum atomic E-state index is 6.37. The molecule has 0 aromatic heterocycles. The van der Waals surface area contributed by atoms with Crippen LogP contribution in [0.15, 0.2) is 22.7 Å². The number of rotatable bonds is 3. The highest BCUT2D eigenvalue weighted by Gasteiger charge is 2.26. The van der Waals surface area contributed by atoms with E-state index in [0.717, 1.165) is 21.6 Å². The maximum absolute atomic E-state index is 6.37. The van der Waals surface area contributed by atoms with E-state index in [2.05, 4.69) is 33.8 Å². The Hall–Kier alpha value is -0.0900. The van der Waals surface area contributed by atoms with E-state index in [1.165, 1.54) is 25.7 Å². The molecule has 2 rings (SSSR count). The molecule has 1 heterocycles. The molecule has 0 radical (unpaired) electrons. The first-order valence-electron chi connectivity index (χ1n) is 7.04. The van der Waals surface area contributed by atoms with Crippen LogP contribution in [0, 0.1) is 0 Å². The van der Waals surface area contributed by atoms with Crippen LogP contribution in [-0.2, 0) is 0 Å². The van der Waals surface area contributed by atoms with Gasteiger partial charge in [-0.25, -0.2) is 0 Å². The minimum Gasteiger partial charge on any atom is -0.329 e. The fourth-order valence-electron chi connectivity index (χ4n) is 2.97. The summed E-state index contributed by atoms with van der Waals surface area (Å²) >= 11 is 9.90. The van der Waals surface area contributed by atoms with Gasteiger partial charge in [0.1, 0.15) is 0 Å². The molecule has 0 aliphatic carbocycles. The lowest BCUT2D eigenvalue weighted by Gasteiger charge is -2.35. The first kappa shape index (κ1) is 15.3. The molecule has 4 heteroatoms. The van der Waals surface area contributed by atoms with Gasteiger partial charge in [-0.3, -0.25) is 4.90 Å². The Bertz CT molecular complexity index is 425. The summed E-state index contributed by atoms with van der Waals surface area (Å²) in [6, 6.07) is 6.83. The van der Waals surface area contributed by atoms with E-state index in [0.29, 0.717) is 12.6 Å². The molecule has 19 heavy (non-hydrogen) atoms. The quantitative estimate of drug-likeness (QED) is 0.881. The maximum Gasteiger partial charge on any atom is 0.0488 e. The molecule has 1 fully saturated rings. The van der Waals surface area contributed by atoms with Crippen molar-refractivity contribution in [3.8, 4) is 0 Å². The van der Waals surface area contributed by atoms with Gasteiger partial charge in [-0.1, -0.05) is 40.4 Å². The monoisotopic (exact) mass is 344 g/mol. The number of benzene rings is 1. The van der Waals surface area contributed by atoms with Gasteiger partial charge in [0.25, 0.3) is 0 Å². The lowest BCUT2D eigenvalue weighted by Crippen LogP contribution is -2.39. The van der Waals surface area contributed by atoms with Gasteiger partial charge in [-0.2, -0.15) is 0 Å². The van der Waals surface area contributed by atoms with Gasteiger partial charge in [0.15, 0.2) is 0 Å². The lowest BCUT2D eigenvalue weighted by atomic mass is 10.0. The summed E-state index contributed by atoms with van der Waals surface area (Å²) in [6.45, 7) is 4.03. The van der Waals surface area contributed by atoms with Crippen LogP contribution in [0.1, 0.15) is 44.2 Å². The molecule has 0 saturated carbocycles. The van der Waals surface area contributed by atoms with Crippen molar-refractivity contribution in [3.05, 3.63) is 33.3 Å². The Balaban J connectivity index is 2.29. The minimum absolute atomic E-state index is 0.220. The second kappa shape index (κ2) is 7.07. The van der Waals surface area contributed by atoms with E-state index in [9.17, 15) is 0 Å². The van der Waals surface area contributed by atoms with Crippen molar-refractivity contribution in [3.63, 3.8) is 0 Å². The van der Waals surface area contributed by atoms with Gasteiger partial charge in [-0.05, 0) is 50.1 Å². The second-order valence-electron chi connectivity index (χ2n) is 5.35. The zero-order valence-electron chi connectivity index (χ0n) is 11.4. The van der Waals surface area contributed by atoms with Crippen LogP contribution in [0.3, 0.4) is 0 Å². The van der Waals surface area contributed by atoms with Crippen LogP contribution in [-0.4, -0.2) is 24.0 Å². The van der Waals surface area contributed by atoms with Crippen molar-refractivity contribution in [1.29, 1.82) is 0 Å². The van der Waals surface area contributed by atoms with Gasteiger partial charge in [0.05, 0.1) is 0 Å². The molecule has 1 aromatic rings. The van der Waals surface area contributed by atoms with Gasteiger partial charge < -0.3 is 5.73 Å². The number of nitrogens with zero attached hydrogens (tertiary/aromatic N) is 1. The van der Waals surface area contributed by atoms with Crippen molar-refractivity contribution < 1.29 is 0 Å². The van der Waals surface area contributed by atoms with Gasteiger partial charge >= 0.3 is 0 Å². The zero-order chi connectivity index (χ0) is 13.8. The molecule has 1 aliphatic heterocycles. The molecule has 1 aromatic carbocycles. The molecule has 2 nitrogen and oxygen atoms in total. The molecule has 1 saturated heterocycles. The largest absolute Gasteiger partial charge is 0.329 e. The fourth-order valence-corrected chi connectivity index (χ4v) is 3.59. The molecule has 106 valence electrons. The first-order chi connectivity index (χ1) is 9.13. The van der Waals surface area contributed by atoms with E-state index in [4.69, 9.17) is 17.3 Å². The third kappa shape index (κ3) is 3.72. The lowest BCUT2D eigenvalue weighted by molar-refractivity contribution is 0.151. The topological polar surface area (TPSA) is 29.3 Å². The predicted molar refractivity (Wildman–Crippen MR) is 85.6 cm³/mol. The normalized spacial score (nSPS) is 23.1. The Morgan fingerprint density at radius 1 is 1.42 bits per heavy atom. The standard InChI is InChI=1S/C15H22BrClN2/c1-11-5-3-2-4-8-19(11)15(10-18)13-9-12(16)6-7-14(13)17/h6-7,9,11,15H,2-5,8,10,18H2,1H3. The van der Waals surface area contributed by atoms with Gasteiger partial charge in [0, 0.05) is 28.1 Å². The number of halogens is 2. The summed E-state index contributed by atoms with van der Waals surface area (Å²) in [7, 11) is 0. The molecule has 2 unspecified atom stereocenters. The molecule has 0 bridgehead atoms. The Kier molecular flexibility index (Phi) is 5.70. The fraction of sp³-hybridized carbons (Fsp3) is 0.600. The van der Waals surface area contributed by atoms with Crippen molar-refractivity contribution in [2.75, 3.05) is 13.1 Å².